The monoisotopic (exact) mass is 279 g/mol. The van der Waals surface area contributed by atoms with E-state index in [1.54, 1.807) is 13.8 Å². The van der Waals surface area contributed by atoms with Gasteiger partial charge in [-0.1, -0.05) is 0 Å². The van der Waals surface area contributed by atoms with Crippen molar-refractivity contribution in [3.63, 3.8) is 0 Å². The zero-order valence-electron chi connectivity index (χ0n) is 11.8. The van der Waals surface area contributed by atoms with Crippen molar-refractivity contribution in [1.82, 2.24) is 5.06 Å². The molecule has 20 heavy (non-hydrogen) atoms. The highest BCUT2D eigenvalue weighted by Gasteiger charge is 2.49. The first-order valence-corrected chi connectivity index (χ1v) is 6.14. The predicted octanol–water partition coefficient (Wildman–Crippen LogP) is 2.31. The molecule has 1 aromatic rings. The predicted molar refractivity (Wildman–Crippen MR) is 73.1 cm³/mol. The molecule has 0 unspecified atom stereocenters. The maximum absolute atomic E-state index is 10.8. The molecule has 0 fully saturated rings. The van der Waals surface area contributed by atoms with Crippen LogP contribution in [0.15, 0.2) is 23.2 Å². The third-order valence-electron chi connectivity index (χ3n) is 4.04. The zero-order valence-corrected chi connectivity index (χ0v) is 11.8. The van der Waals surface area contributed by atoms with Crippen LogP contribution in [-0.2, 0) is 0 Å². The van der Waals surface area contributed by atoms with Crippen LogP contribution in [0.5, 0.6) is 5.75 Å². The molecule has 0 bridgehead atoms. The minimum atomic E-state index is -0.695. The number of amidine groups is 1. The topological polar surface area (TPSA) is 99.2 Å². The molecular formula is C13H17N3O4. The van der Waals surface area contributed by atoms with E-state index < -0.39 is 16.0 Å². The van der Waals surface area contributed by atoms with E-state index in [1.807, 2.05) is 13.8 Å². The van der Waals surface area contributed by atoms with Crippen molar-refractivity contribution in [1.29, 1.82) is 0 Å². The Morgan fingerprint density at radius 2 is 1.90 bits per heavy atom. The van der Waals surface area contributed by atoms with Crippen molar-refractivity contribution in [2.75, 3.05) is 0 Å². The number of hydrogen-bond acceptors (Lipinski definition) is 6. The second-order valence-electron chi connectivity index (χ2n) is 5.82. The second-order valence-corrected chi connectivity index (χ2v) is 5.82. The number of hydrogen-bond donors (Lipinski definition) is 2. The van der Waals surface area contributed by atoms with Crippen LogP contribution in [0.2, 0.25) is 0 Å². The minimum absolute atomic E-state index is 0.126. The molecule has 2 N–H and O–H groups in total. The molecule has 108 valence electrons. The fourth-order valence-corrected chi connectivity index (χ4v) is 1.96. The van der Waals surface area contributed by atoms with Crippen LogP contribution in [0.3, 0.4) is 0 Å². The summed E-state index contributed by atoms with van der Waals surface area (Å²) in [5.74, 6) is -0.0388. The fourth-order valence-electron chi connectivity index (χ4n) is 1.96. The molecule has 0 aliphatic carbocycles. The molecule has 1 aliphatic heterocycles. The minimum Gasteiger partial charge on any atom is -0.507 e. The van der Waals surface area contributed by atoms with E-state index in [1.165, 1.54) is 18.2 Å². The largest absolute Gasteiger partial charge is 0.507 e. The summed E-state index contributed by atoms with van der Waals surface area (Å²) < 4.78 is 0. The average Bonchev–Trinajstić information content (AvgIpc) is 2.50. The summed E-state index contributed by atoms with van der Waals surface area (Å²) in [4.78, 5) is 14.7. The molecule has 0 spiro atoms. The summed E-state index contributed by atoms with van der Waals surface area (Å²) in [6, 6.07) is 3.63. The number of nitro groups is 1. The molecule has 0 radical (unpaired) electrons. The quantitative estimate of drug-likeness (QED) is 0.639. The van der Waals surface area contributed by atoms with E-state index in [0.29, 0.717) is 0 Å². The number of rotatable bonds is 2. The maximum Gasteiger partial charge on any atom is 0.270 e. The number of non-ortho nitro benzene ring substituents is 1. The van der Waals surface area contributed by atoms with Crippen LogP contribution in [0.1, 0.15) is 33.3 Å². The average molecular weight is 279 g/mol. The Morgan fingerprint density at radius 1 is 1.30 bits per heavy atom. The number of nitrogens with zero attached hydrogens (tertiary/aromatic N) is 3. The third-order valence-corrected chi connectivity index (χ3v) is 4.04. The van der Waals surface area contributed by atoms with Crippen LogP contribution >= 0.6 is 0 Å². The smallest absolute Gasteiger partial charge is 0.270 e. The summed E-state index contributed by atoms with van der Waals surface area (Å²) in [6.45, 7) is 7.30. The van der Waals surface area contributed by atoms with Gasteiger partial charge in [-0.05, 0) is 33.8 Å². The van der Waals surface area contributed by atoms with Gasteiger partial charge in [-0.2, -0.15) is 0 Å². The van der Waals surface area contributed by atoms with Crippen molar-refractivity contribution in [2.24, 2.45) is 4.99 Å². The molecule has 0 saturated carbocycles. The van der Waals surface area contributed by atoms with Gasteiger partial charge in [0.1, 0.15) is 5.75 Å². The van der Waals surface area contributed by atoms with E-state index in [-0.39, 0.29) is 22.8 Å². The lowest BCUT2D eigenvalue weighted by Gasteiger charge is -2.36. The van der Waals surface area contributed by atoms with Gasteiger partial charge in [0.25, 0.3) is 5.69 Å². The van der Waals surface area contributed by atoms with Gasteiger partial charge in [-0.25, -0.2) is 5.06 Å². The Hall–Kier alpha value is -2.15. The molecule has 0 saturated heterocycles. The summed E-state index contributed by atoms with van der Waals surface area (Å²) in [6.07, 6.45) is 0. The molecule has 2 rings (SSSR count). The van der Waals surface area contributed by atoms with Gasteiger partial charge in [0, 0.05) is 12.1 Å². The van der Waals surface area contributed by atoms with E-state index in [0.717, 1.165) is 5.06 Å². The first-order chi connectivity index (χ1) is 9.08. The van der Waals surface area contributed by atoms with Crippen molar-refractivity contribution >= 4 is 11.5 Å². The summed E-state index contributed by atoms with van der Waals surface area (Å²) in [5.41, 5.74) is -1.33. The van der Waals surface area contributed by atoms with Crippen LogP contribution in [0.4, 0.5) is 5.69 Å². The van der Waals surface area contributed by atoms with E-state index in [2.05, 4.69) is 4.99 Å². The van der Waals surface area contributed by atoms with Gasteiger partial charge in [-0.3, -0.25) is 20.3 Å². The number of aromatic hydroxyl groups is 1. The summed E-state index contributed by atoms with van der Waals surface area (Å²) >= 11 is 0. The van der Waals surface area contributed by atoms with E-state index >= 15 is 0 Å². The Balaban J connectivity index is 2.58. The molecule has 0 aromatic heterocycles. The van der Waals surface area contributed by atoms with Crippen molar-refractivity contribution in [3.05, 3.63) is 33.9 Å². The Bertz CT molecular complexity index is 608. The van der Waals surface area contributed by atoms with Crippen LogP contribution < -0.4 is 0 Å². The number of benzene rings is 1. The SMILES string of the molecule is CC1(C)N=C(c2cc([N+](=O)[O-])ccc2O)N(O)C1(C)C. The molecule has 0 amide bonds. The number of phenolic OH excluding ortho intramolecular Hbond substituents is 1. The van der Waals surface area contributed by atoms with Gasteiger partial charge in [0.15, 0.2) is 5.84 Å². The maximum atomic E-state index is 10.8. The standard InChI is InChI=1S/C13H17N3O4/c1-12(2)13(3,4)15(18)11(14-12)9-7-8(16(19)20)5-6-10(9)17/h5-7,17-18H,1-4H3. The van der Waals surface area contributed by atoms with Gasteiger partial charge >= 0.3 is 0 Å². The molecular weight excluding hydrogens is 262 g/mol. The highest BCUT2D eigenvalue weighted by atomic mass is 16.6. The van der Waals surface area contributed by atoms with Gasteiger partial charge < -0.3 is 5.11 Å². The molecule has 1 heterocycles. The highest BCUT2D eigenvalue weighted by Crippen LogP contribution is 2.39. The normalized spacial score (nSPS) is 19.9. The van der Waals surface area contributed by atoms with Crippen molar-refractivity contribution < 1.29 is 15.2 Å². The summed E-state index contributed by atoms with van der Waals surface area (Å²) in [7, 11) is 0. The van der Waals surface area contributed by atoms with Crippen LogP contribution in [0.25, 0.3) is 0 Å². The van der Waals surface area contributed by atoms with E-state index in [9.17, 15) is 20.4 Å². The van der Waals surface area contributed by atoms with Gasteiger partial charge in [0.05, 0.1) is 21.6 Å². The second kappa shape index (κ2) is 4.17. The number of aliphatic imine (C=N–C) groups is 1. The lowest BCUT2D eigenvalue weighted by atomic mass is 9.84. The zero-order chi connectivity index (χ0) is 15.3. The van der Waals surface area contributed by atoms with Crippen LogP contribution in [0, 0.1) is 10.1 Å². The van der Waals surface area contributed by atoms with Gasteiger partial charge in [0.2, 0.25) is 0 Å². The molecule has 0 atom stereocenters. The Labute approximate surface area is 116 Å². The number of hydroxylamine groups is 2. The lowest BCUT2D eigenvalue weighted by Crippen LogP contribution is -2.51. The summed E-state index contributed by atoms with van der Waals surface area (Å²) in [5, 5.41) is 31.9. The molecule has 1 aliphatic rings. The lowest BCUT2D eigenvalue weighted by molar-refractivity contribution is -0.384. The molecule has 7 nitrogen and oxygen atoms in total. The van der Waals surface area contributed by atoms with Crippen LogP contribution in [-0.4, -0.2) is 37.2 Å². The molecule has 1 aromatic carbocycles. The first-order valence-electron chi connectivity index (χ1n) is 6.14. The first kappa shape index (κ1) is 14.3. The number of nitro benzene ring substituents is 1. The van der Waals surface area contributed by atoms with Gasteiger partial charge in [-0.15, -0.1) is 0 Å². The molecule has 7 heteroatoms. The highest BCUT2D eigenvalue weighted by molar-refractivity contribution is 6.03. The Morgan fingerprint density at radius 3 is 2.35 bits per heavy atom. The van der Waals surface area contributed by atoms with E-state index in [4.69, 9.17) is 0 Å². The van der Waals surface area contributed by atoms with Crippen molar-refractivity contribution in [2.45, 2.75) is 38.8 Å². The third kappa shape index (κ3) is 1.90. The number of phenols is 1. The van der Waals surface area contributed by atoms with Crippen molar-refractivity contribution in [3.8, 4) is 5.75 Å². The fraction of sp³-hybridized carbons (Fsp3) is 0.462. The Kier molecular flexibility index (Phi) is 2.98.